The first-order valence-corrected chi connectivity index (χ1v) is 11.5. The predicted molar refractivity (Wildman–Crippen MR) is 137 cm³/mol. The third kappa shape index (κ3) is 3.78. The van der Waals surface area contributed by atoms with E-state index in [1.54, 1.807) is 11.3 Å². The van der Waals surface area contributed by atoms with Crippen LogP contribution in [0, 0.1) is 0 Å². The molecule has 0 radical (unpaired) electrons. The highest BCUT2D eigenvalue weighted by molar-refractivity contribution is 7.27. The van der Waals surface area contributed by atoms with E-state index in [0.717, 1.165) is 53.9 Å². The SMILES string of the molecule is C=CC(=O)OCCOc1cccc2ccc3sc4c5ccccc5c(OC(=O)C=C)cc4c3c12. The number of thiophene rings is 1. The van der Waals surface area contributed by atoms with E-state index < -0.39 is 11.9 Å². The number of hydrogen-bond acceptors (Lipinski definition) is 6. The van der Waals surface area contributed by atoms with Gasteiger partial charge in [-0.1, -0.05) is 55.6 Å². The van der Waals surface area contributed by atoms with Crippen molar-refractivity contribution < 1.29 is 23.8 Å². The summed E-state index contributed by atoms with van der Waals surface area (Å²) < 4.78 is 18.9. The van der Waals surface area contributed by atoms with Crippen molar-refractivity contribution in [1.29, 1.82) is 0 Å². The highest BCUT2D eigenvalue weighted by Gasteiger charge is 2.17. The van der Waals surface area contributed by atoms with Crippen molar-refractivity contribution >= 4 is 65.0 Å². The van der Waals surface area contributed by atoms with Crippen LogP contribution >= 0.6 is 11.3 Å². The van der Waals surface area contributed by atoms with Crippen molar-refractivity contribution in [2.45, 2.75) is 0 Å². The molecule has 0 unspecified atom stereocenters. The van der Waals surface area contributed by atoms with Crippen LogP contribution in [0.5, 0.6) is 11.5 Å². The van der Waals surface area contributed by atoms with E-state index in [4.69, 9.17) is 14.2 Å². The van der Waals surface area contributed by atoms with Crippen molar-refractivity contribution in [3.8, 4) is 11.5 Å². The van der Waals surface area contributed by atoms with Crippen molar-refractivity contribution in [2.24, 2.45) is 0 Å². The summed E-state index contributed by atoms with van der Waals surface area (Å²) in [7, 11) is 0. The highest BCUT2D eigenvalue weighted by Crippen LogP contribution is 2.46. The van der Waals surface area contributed by atoms with Crippen LogP contribution in [0.3, 0.4) is 0 Å². The van der Waals surface area contributed by atoms with Gasteiger partial charge in [-0.15, -0.1) is 11.3 Å². The first kappa shape index (κ1) is 21.7. The molecule has 4 aromatic carbocycles. The molecule has 0 fully saturated rings. The van der Waals surface area contributed by atoms with E-state index in [2.05, 4.69) is 25.3 Å². The zero-order valence-electron chi connectivity index (χ0n) is 18.2. The molecule has 0 N–H and O–H groups in total. The lowest BCUT2D eigenvalue weighted by Gasteiger charge is -2.11. The molecule has 5 nitrogen and oxygen atoms in total. The molecular weight excluding hydrogens is 448 g/mol. The molecule has 1 heterocycles. The van der Waals surface area contributed by atoms with Gasteiger partial charge in [0.2, 0.25) is 0 Å². The lowest BCUT2D eigenvalue weighted by Crippen LogP contribution is -2.10. The molecule has 5 rings (SSSR count). The van der Waals surface area contributed by atoms with Gasteiger partial charge in [-0.25, -0.2) is 9.59 Å². The average Bonchev–Trinajstić information content (AvgIpc) is 3.25. The van der Waals surface area contributed by atoms with E-state index in [1.807, 2.05) is 48.5 Å². The zero-order valence-corrected chi connectivity index (χ0v) is 19.0. The summed E-state index contributed by atoms with van der Waals surface area (Å²) in [6, 6.07) is 19.8. The lowest BCUT2D eigenvalue weighted by atomic mass is 10.0. The van der Waals surface area contributed by atoms with Gasteiger partial charge < -0.3 is 14.2 Å². The summed E-state index contributed by atoms with van der Waals surface area (Å²) in [5, 5.41) is 5.85. The first-order valence-electron chi connectivity index (χ1n) is 10.7. The Morgan fingerprint density at radius 3 is 2.38 bits per heavy atom. The van der Waals surface area contributed by atoms with Crippen molar-refractivity contribution in [2.75, 3.05) is 13.2 Å². The first-order chi connectivity index (χ1) is 16.6. The molecule has 1 aromatic heterocycles. The third-order valence-electron chi connectivity index (χ3n) is 5.54. The number of ether oxygens (including phenoxy) is 3. The largest absolute Gasteiger partial charge is 0.489 e. The minimum atomic E-state index is -0.507. The van der Waals surface area contributed by atoms with E-state index >= 15 is 0 Å². The molecule has 0 saturated heterocycles. The van der Waals surface area contributed by atoms with Gasteiger partial charge in [-0.2, -0.15) is 0 Å². The van der Waals surface area contributed by atoms with Crippen LogP contribution in [0.4, 0.5) is 0 Å². The topological polar surface area (TPSA) is 61.8 Å². The summed E-state index contributed by atoms with van der Waals surface area (Å²) >= 11 is 1.69. The molecule has 0 bridgehead atoms. The molecule has 0 amide bonds. The monoisotopic (exact) mass is 468 g/mol. The van der Waals surface area contributed by atoms with Gasteiger partial charge in [0.25, 0.3) is 0 Å². The van der Waals surface area contributed by atoms with Crippen LogP contribution in [0.2, 0.25) is 0 Å². The fourth-order valence-electron chi connectivity index (χ4n) is 4.11. The molecule has 0 spiro atoms. The Balaban J connectivity index is 1.72. The molecule has 0 aliphatic carbocycles. The summed E-state index contributed by atoms with van der Waals surface area (Å²) in [4.78, 5) is 23.4. The van der Waals surface area contributed by atoms with E-state index in [-0.39, 0.29) is 13.2 Å². The van der Waals surface area contributed by atoms with Gasteiger partial charge in [-0.05, 0) is 23.6 Å². The van der Waals surface area contributed by atoms with Gasteiger partial charge in [0.1, 0.15) is 24.7 Å². The van der Waals surface area contributed by atoms with Crippen LogP contribution in [-0.2, 0) is 14.3 Å². The maximum absolute atomic E-state index is 12.0. The molecule has 0 aliphatic rings. The molecule has 6 heteroatoms. The quantitative estimate of drug-likeness (QED) is 0.117. The van der Waals surface area contributed by atoms with E-state index in [1.165, 1.54) is 0 Å². The van der Waals surface area contributed by atoms with Gasteiger partial charge in [-0.3, -0.25) is 0 Å². The number of rotatable bonds is 7. The molecular formula is C28H20O5S. The Morgan fingerprint density at radius 1 is 0.794 bits per heavy atom. The Labute approximate surface area is 199 Å². The number of carbonyl (C=O) groups excluding carboxylic acids is 2. The second-order valence-corrected chi connectivity index (χ2v) is 8.59. The van der Waals surface area contributed by atoms with Gasteiger partial charge in [0.05, 0.1) is 0 Å². The molecule has 0 saturated carbocycles. The fraction of sp³-hybridized carbons (Fsp3) is 0.0714. The molecule has 0 aliphatic heterocycles. The van der Waals surface area contributed by atoms with Crippen LogP contribution < -0.4 is 9.47 Å². The predicted octanol–water partition coefficient (Wildman–Crippen LogP) is 6.56. The molecule has 5 aromatic rings. The van der Waals surface area contributed by atoms with Gasteiger partial charge in [0, 0.05) is 48.5 Å². The van der Waals surface area contributed by atoms with Crippen molar-refractivity contribution in [3.63, 3.8) is 0 Å². The Hall–Kier alpha value is -4.16. The molecule has 168 valence electrons. The molecule has 34 heavy (non-hydrogen) atoms. The second kappa shape index (κ2) is 9.00. The molecule has 0 atom stereocenters. The van der Waals surface area contributed by atoms with Crippen LogP contribution in [-0.4, -0.2) is 25.2 Å². The minimum absolute atomic E-state index is 0.119. The Bertz CT molecular complexity index is 1610. The number of esters is 2. The number of benzene rings is 4. The minimum Gasteiger partial charge on any atom is -0.489 e. The van der Waals surface area contributed by atoms with Crippen LogP contribution in [0.15, 0.2) is 86.0 Å². The standard InChI is InChI=1S/C28H20O5S/c1-3-24(29)32-15-14-31-21-11-7-8-17-12-13-23-27(26(17)21)20-16-22(33-25(30)4-2)18-9-5-6-10-19(18)28(20)34-23/h3-13,16H,1-2,14-15H2. The normalized spacial score (nSPS) is 11.1. The van der Waals surface area contributed by atoms with E-state index in [9.17, 15) is 9.59 Å². The summed E-state index contributed by atoms with van der Waals surface area (Å²) in [5.74, 6) is 0.183. The fourth-order valence-corrected chi connectivity index (χ4v) is 5.34. The van der Waals surface area contributed by atoms with Gasteiger partial charge in [0.15, 0.2) is 0 Å². The van der Waals surface area contributed by atoms with Crippen LogP contribution in [0.1, 0.15) is 0 Å². The maximum Gasteiger partial charge on any atom is 0.335 e. The van der Waals surface area contributed by atoms with E-state index in [0.29, 0.717) is 11.5 Å². The average molecular weight is 469 g/mol. The zero-order chi connectivity index (χ0) is 23.7. The summed E-state index contributed by atoms with van der Waals surface area (Å²) in [6.45, 7) is 7.24. The summed E-state index contributed by atoms with van der Waals surface area (Å²) in [6.07, 6.45) is 2.28. The third-order valence-corrected chi connectivity index (χ3v) is 6.74. The van der Waals surface area contributed by atoms with Gasteiger partial charge >= 0.3 is 11.9 Å². The number of hydrogen-bond donors (Lipinski definition) is 0. The smallest absolute Gasteiger partial charge is 0.335 e. The van der Waals surface area contributed by atoms with Crippen molar-refractivity contribution in [3.05, 3.63) is 86.0 Å². The lowest BCUT2D eigenvalue weighted by molar-refractivity contribution is -0.138. The maximum atomic E-state index is 12.0. The summed E-state index contributed by atoms with van der Waals surface area (Å²) in [5.41, 5.74) is 0. The van der Waals surface area contributed by atoms with Crippen molar-refractivity contribution in [1.82, 2.24) is 0 Å². The highest BCUT2D eigenvalue weighted by atomic mass is 32.1. The number of carbonyl (C=O) groups is 2. The Kier molecular flexibility index (Phi) is 5.74. The second-order valence-electron chi connectivity index (χ2n) is 7.54. The Morgan fingerprint density at radius 2 is 1.59 bits per heavy atom. The van der Waals surface area contributed by atoms with Crippen LogP contribution in [0.25, 0.3) is 41.7 Å². The number of fused-ring (bicyclic) bond motifs is 7.